The molecule has 1 heterocycles. The SMILES string of the molecule is COc1cnc(C(=O)Nc2ccccc2C(C)=O)cc1OC1CCCC1. The Morgan fingerprint density at radius 2 is 1.88 bits per heavy atom. The standard InChI is InChI=1S/C20H22N2O4/c1-13(23)15-9-5-6-10-16(15)22-20(24)17-11-18(19(25-2)12-21-17)26-14-7-3-4-8-14/h5-6,9-12,14H,3-4,7-8H2,1-2H3,(H,22,24). The fraction of sp³-hybridized carbons (Fsp3) is 0.350. The Morgan fingerprint density at radius 1 is 1.15 bits per heavy atom. The summed E-state index contributed by atoms with van der Waals surface area (Å²) in [4.78, 5) is 28.5. The average molecular weight is 354 g/mol. The summed E-state index contributed by atoms with van der Waals surface area (Å²) in [6.07, 6.45) is 5.91. The van der Waals surface area contributed by atoms with Gasteiger partial charge in [-0.1, -0.05) is 12.1 Å². The first kappa shape index (κ1) is 17.9. The summed E-state index contributed by atoms with van der Waals surface area (Å²) < 4.78 is 11.3. The number of Topliss-reactive ketones (excluding diaryl/α,β-unsaturated/α-hetero) is 1. The number of hydrogen-bond acceptors (Lipinski definition) is 5. The minimum absolute atomic E-state index is 0.117. The van der Waals surface area contributed by atoms with Gasteiger partial charge in [0.1, 0.15) is 5.69 Å². The smallest absolute Gasteiger partial charge is 0.274 e. The Labute approximate surface area is 152 Å². The maximum Gasteiger partial charge on any atom is 0.274 e. The van der Waals surface area contributed by atoms with E-state index < -0.39 is 5.91 Å². The van der Waals surface area contributed by atoms with E-state index in [0.717, 1.165) is 25.7 Å². The molecule has 0 saturated heterocycles. The normalized spacial score (nSPS) is 14.1. The van der Waals surface area contributed by atoms with E-state index in [1.165, 1.54) is 13.1 Å². The lowest BCUT2D eigenvalue weighted by molar-refractivity contribution is 0.101. The molecule has 0 radical (unpaired) electrons. The van der Waals surface area contributed by atoms with Crippen LogP contribution in [0.3, 0.4) is 0 Å². The minimum atomic E-state index is -0.405. The zero-order valence-electron chi connectivity index (χ0n) is 15.0. The Kier molecular flexibility index (Phi) is 5.51. The van der Waals surface area contributed by atoms with Crippen molar-refractivity contribution in [1.82, 2.24) is 4.98 Å². The molecular formula is C20H22N2O4. The number of methoxy groups -OCH3 is 1. The summed E-state index contributed by atoms with van der Waals surface area (Å²) >= 11 is 0. The fourth-order valence-corrected chi connectivity index (χ4v) is 3.07. The molecule has 0 aliphatic heterocycles. The number of carbonyl (C=O) groups is 2. The van der Waals surface area contributed by atoms with Crippen molar-refractivity contribution >= 4 is 17.4 Å². The molecule has 2 aromatic rings. The van der Waals surface area contributed by atoms with Crippen LogP contribution < -0.4 is 14.8 Å². The number of aromatic nitrogens is 1. The van der Waals surface area contributed by atoms with Crippen molar-refractivity contribution in [2.24, 2.45) is 0 Å². The van der Waals surface area contributed by atoms with E-state index in [9.17, 15) is 9.59 Å². The quantitative estimate of drug-likeness (QED) is 0.797. The topological polar surface area (TPSA) is 77.5 Å². The van der Waals surface area contributed by atoms with Crippen LogP contribution in [0.4, 0.5) is 5.69 Å². The number of pyridine rings is 1. The number of ketones is 1. The Balaban J connectivity index is 1.82. The highest BCUT2D eigenvalue weighted by Crippen LogP contribution is 2.31. The third kappa shape index (κ3) is 4.02. The third-order valence-corrected chi connectivity index (χ3v) is 4.43. The summed E-state index contributed by atoms with van der Waals surface area (Å²) in [5.74, 6) is 0.489. The van der Waals surface area contributed by atoms with Crippen molar-refractivity contribution in [1.29, 1.82) is 0 Å². The molecule has 6 heteroatoms. The van der Waals surface area contributed by atoms with Crippen LogP contribution in [0.2, 0.25) is 0 Å². The van der Waals surface area contributed by atoms with Gasteiger partial charge in [0.25, 0.3) is 5.91 Å². The van der Waals surface area contributed by atoms with E-state index in [4.69, 9.17) is 9.47 Å². The number of amides is 1. The number of anilines is 1. The maximum atomic E-state index is 12.6. The van der Waals surface area contributed by atoms with Crippen molar-refractivity contribution < 1.29 is 19.1 Å². The molecule has 1 aromatic carbocycles. The number of carbonyl (C=O) groups excluding carboxylic acids is 2. The predicted molar refractivity (Wildman–Crippen MR) is 98.1 cm³/mol. The van der Waals surface area contributed by atoms with Crippen LogP contribution in [0.15, 0.2) is 36.5 Å². The van der Waals surface area contributed by atoms with E-state index in [0.29, 0.717) is 22.7 Å². The first-order chi connectivity index (χ1) is 12.6. The first-order valence-electron chi connectivity index (χ1n) is 8.70. The first-order valence-corrected chi connectivity index (χ1v) is 8.70. The van der Waals surface area contributed by atoms with E-state index >= 15 is 0 Å². The monoisotopic (exact) mass is 354 g/mol. The van der Waals surface area contributed by atoms with Gasteiger partial charge in [-0.3, -0.25) is 9.59 Å². The number of benzene rings is 1. The second-order valence-corrected chi connectivity index (χ2v) is 6.30. The van der Waals surface area contributed by atoms with Gasteiger partial charge in [0, 0.05) is 11.6 Å². The molecule has 1 aliphatic carbocycles. The molecule has 6 nitrogen and oxygen atoms in total. The second-order valence-electron chi connectivity index (χ2n) is 6.30. The molecule has 1 saturated carbocycles. The minimum Gasteiger partial charge on any atom is -0.491 e. The lowest BCUT2D eigenvalue weighted by Gasteiger charge is -2.16. The fourth-order valence-electron chi connectivity index (χ4n) is 3.07. The molecule has 1 amide bonds. The Bertz CT molecular complexity index is 813. The molecule has 26 heavy (non-hydrogen) atoms. The van der Waals surface area contributed by atoms with E-state index in [1.54, 1.807) is 37.4 Å². The highest BCUT2D eigenvalue weighted by Gasteiger charge is 2.20. The average Bonchev–Trinajstić information content (AvgIpc) is 3.15. The van der Waals surface area contributed by atoms with Gasteiger partial charge in [-0.25, -0.2) is 4.98 Å². The van der Waals surface area contributed by atoms with Crippen molar-refractivity contribution in [3.05, 3.63) is 47.8 Å². The van der Waals surface area contributed by atoms with Gasteiger partial charge in [-0.15, -0.1) is 0 Å². The molecule has 0 bridgehead atoms. The molecule has 136 valence electrons. The van der Waals surface area contributed by atoms with Crippen LogP contribution in [0, 0.1) is 0 Å². The van der Waals surface area contributed by atoms with E-state index in [1.807, 2.05) is 0 Å². The maximum absolute atomic E-state index is 12.6. The van der Waals surface area contributed by atoms with Crippen LogP contribution >= 0.6 is 0 Å². The Hall–Kier alpha value is -2.89. The van der Waals surface area contributed by atoms with Crippen LogP contribution in [-0.2, 0) is 0 Å². The van der Waals surface area contributed by atoms with Crippen molar-refractivity contribution in [3.8, 4) is 11.5 Å². The van der Waals surface area contributed by atoms with Gasteiger partial charge in [0.2, 0.25) is 0 Å². The van der Waals surface area contributed by atoms with Crippen LogP contribution in [0.1, 0.15) is 53.5 Å². The molecule has 1 aliphatic rings. The summed E-state index contributed by atoms with van der Waals surface area (Å²) in [6.45, 7) is 1.46. The zero-order valence-corrected chi connectivity index (χ0v) is 15.0. The van der Waals surface area contributed by atoms with Gasteiger partial charge in [-0.2, -0.15) is 0 Å². The second kappa shape index (κ2) is 7.99. The molecule has 0 atom stereocenters. The van der Waals surface area contributed by atoms with E-state index in [2.05, 4.69) is 10.3 Å². The lowest BCUT2D eigenvalue weighted by Crippen LogP contribution is -2.17. The Morgan fingerprint density at radius 3 is 2.58 bits per heavy atom. The number of hydrogen-bond donors (Lipinski definition) is 1. The number of rotatable bonds is 6. The predicted octanol–water partition coefficient (Wildman–Crippen LogP) is 3.87. The van der Waals surface area contributed by atoms with Crippen molar-refractivity contribution in [3.63, 3.8) is 0 Å². The van der Waals surface area contributed by atoms with E-state index in [-0.39, 0.29) is 17.6 Å². The number of para-hydroxylation sites is 1. The van der Waals surface area contributed by atoms with Crippen LogP contribution in [-0.4, -0.2) is 29.9 Å². The molecule has 1 fully saturated rings. The van der Waals surface area contributed by atoms with Gasteiger partial charge >= 0.3 is 0 Å². The summed E-state index contributed by atoms with van der Waals surface area (Å²) in [5.41, 5.74) is 1.12. The molecular weight excluding hydrogens is 332 g/mol. The molecule has 1 aromatic heterocycles. The summed E-state index contributed by atoms with van der Waals surface area (Å²) in [7, 11) is 1.54. The van der Waals surface area contributed by atoms with Crippen LogP contribution in [0.5, 0.6) is 11.5 Å². The molecule has 1 N–H and O–H groups in total. The van der Waals surface area contributed by atoms with Gasteiger partial charge in [0.15, 0.2) is 17.3 Å². The zero-order chi connectivity index (χ0) is 18.5. The van der Waals surface area contributed by atoms with Gasteiger partial charge < -0.3 is 14.8 Å². The largest absolute Gasteiger partial charge is 0.491 e. The molecule has 3 rings (SSSR count). The highest BCUT2D eigenvalue weighted by atomic mass is 16.5. The van der Waals surface area contributed by atoms with Gasteiger partial charge in [0.05, 0.1) is 25.1 Å². The molecule has 0 unspecified atom stereocenters. The lowest BCUT2D eigenvalue weighted by atomic mass is 10.1. The summed E-state index contributed by atoms with van der Waals surface area (Å²) in [5, 5.41) is 2.75. The van der Waals surface area contributed by atoms with Gasteiger partial charge in [-0.05, 0) is 44.7 Å². The highest BCUT2D eigenvalue weighted by molar-refractivity contribution is 6.08. The third-order valence-electron chi connectivity index (χ3n) is 4.43. The number of nitrogens with zero attached hydrogens (tertiary/aromatic N) is 1. The van der Waals surface area contributed by atoms with Crippen molar-refractivity contribution in [2.45, 2.75) is 38.7 Å². The number of ether oxygens (including phenoxy) is 2. The van der Waals surface area contributed by atoms with Crippen LogP contribution in [0.25, 0.3) is 0 Å². The summed E-state index contributed by atoms with van der Waals surface area (Å²) in [6, 6.07) is 8.47. The molecule has 0 spiro atoms. The number of nitrogens with one attached hydrogen (secondary N) is 1. The van der Waals surface area contributed by atoms with Crippen molar-refractivity contribution in [2.75, 3.05) is 12.4 Å².